The van der Waals surface area contributed by atoms with Crippen LogP contribution in [-0.2, 0) is 6.42 Å². The van der Waals surface area contributed by atoms with E-state index in [1.54, 1.807) is 0 Å². The topological polar surface area (TPSA) is 61.3 Å². The number of rotatable bonds is 3. The van der Waals surface area contributed by atoms with E-state index in [2.05, 4.69) is 6.92 Å². The third-order valence-corrected chi connectivity index (χ3v) is 1.60. The summed E-state index contributed by atoms with van der Waals surface area (Å²) in [6.45, 7) is 2.10. The summed E-state index contributed by atoms with van der Waals surface area (Å²) in [5.41, 5.74) is 11.8. The van der Waals surface area contributed by atoms with Crippen LogP contribution in [-0.4, -0.2) is 6.35 Å². The molecule has 0 radical (unpaired) electrons. The summed E-state index contributed by atoms with van der Waals surface area (Å²) in [6.07, 6.45) is 0.284. The molecule has 0 heterocycles. The smallest absolute Gasteiger partial charge is 0.201 e. The van der Waals surface area contributed by atoms with E-state index < -0.39 is 6.35 Å². The molecule has 0 bridgehead atoms. The van der Waals surface area contributed by atoms with Crippen molar-refractivity contribution >= 4 is 0 Å². The van der Waals surface area contributed by atoms with Crippen molar-refractivity contribution in [2.45, 2.75) is 19.7 Å². The Kier molecular flexibility index (Phi) is 3.08. The molecule has 0 unspecified atom stereocenters. The predicted molar refractivity (Wildman–Crippen MR) is 48.6 cm³/mol. The summed E-state index contributed by atoms with van der Waals surface area (Å²) < 4.78 is 5.07. The van der Waals surface area contributed by atoms with Crippen LogP contribution >= 0.6 is 0 Å². The van der Waals surface area contributed by atoms with Gasteiger partial charge in [-0.3, -0.25) is 11.5 Å². The first-order valence-electron chi connectivity index (χ1n) is 3.99. The second-order valence-electron chi connectivity index (χ2n) is 2.58. The highest BCUT2D eigenvalue weighted by atomic mass is 16.5. The third kappa shape index (κ3) is 2.53. The van der Waals surface area contributed by atoms with Gasteiger partial charge < -0.3 is 4.74 Å². The van der Waals surface area contributed by atoms with Gasteiger partial charge in [0.2, 0.25) is 6.35 Å². The van der Waals surface area contributed by atoms with E-state index in [0.717, 1.165) is 6.42 Å². The van der Waals surface area contributed by atoms with Crippen LogP contribution in [0.4, 0.5) is 0 Å². The van der Waals surface area contributed by atoms with Gasteiger partial charge in [0.15, 0.2) is 0 Å². The Hall–Kier alpha value is -1.06. The maximum Gasteiger partial charge on any atom is 0.201 e. The summed E-state index contributed by atoms with van der Waals surface area (Å²) in [5.74, 6) is 0.710. The van der Waals surface area contributed by atoms with Crippen LogP contribution in [0.3, 0.4) is 0 Å². The molecule has 0 aliphatic heterocycles. The van der Waals surface area contributed by atoms with E-state index in [9.17, 15) is 0 Å². The first-order chi connectivity index (χ1) is 5.72. The van der Waals surface area contributed by atoms with E-state index >= 15 is 0 Å². The molecule has 0 atom stereocenters. The van der Waals surface area contributed by atoms with Crippen molar-refractivity contribution in [3.63, 3.8) is 0 Å². The fraction of sp³-hybridized carbons (Fsp3) is 0.333. The van der Waals surface area contributed by atoms with E-state index in [1.807, 2.05) is 24.3 Å². The lowest BCUT2D eigenvalue weighted by Gasteiger charge is -2.09. The Balaban J connectivity index is 2.65. The molecule has 0 fully saturated rings. The van der Waals surface area contributed by atoms with E-state index in [4.69, 9.17) is 16.2 Å². The molecule has 0 aromatic heterocycles. The molecular weight excluding hydrogens is 152 g/mol. The van der Waals surface area contributed by atoms with Crippen molar-refractivity contribution in [1.29, 1.82) is 0 Å². The second-order valence-corrected chi connectivity index (χ2v) is 2.58. The lowest BCUT2D eigenvalue weighted by atomic mass is 10.2. The van der Waals surface area contributed by atoms with Crippen molar-refractivity contribution in [1.82, 2.24) is 0 Å². The zero-order valence-electron chi connectivity index (χ0n) is 7.16. The molecule has 0 saturated carbocycles. The monoisotopic (exact) mass is 166 g/mol. The van der Waals surface area contributed by atoms with Crippen LogP contribution in [0.1, 0.15) is 12.5 Å². The first kappa shape index (κ1) is 9.03. The van der Waals surface area contributed by atoms with E-state index in [1.165, 1.54) is 5.56 Å². The minimum Gasteiger partial charge on any atom is -0.463 e. The molecule has 3 nitrogen and oxygen atoms in total. The molecule has 0 aliphatic rings. The normalized spacial score (nSPS) is 10.3. The van der Waals surface area contributed by atoms with Gasteiger partial charge >= 0.3 is 0 Å². The molecule has 66 valence electrons. The maximum absolute atomic E-state index is 5.25. The first-order valence-corrected chi connectivity index (χ1v) is 3.99. The average Bonchev–Trinajstić information content (AvgIpc) is 2.05. The summed E-state index contributed by atoms with van der Waals surface area (Å²) in [7, 11) is 0. The van der Waals surface area contributed by atoms with Crippen molar-refractivity contribution in [2.24, 2.45) is 11.5 Å². The fourth-order valence-electron chi connectivity index (χ4n) is 0.961. The number of aryl methyl sites for hydroxylation is 1. The maximum atomic E-state index is 5.25. The minimum absolute atomic E-state index is 0.710. The standard InChI is InChI=1S/C9H14N2O/c1-2-7-3-5-8(6-4-7)12-9(10)11/h3-6,9H,2,10-11H2,1H3. The zero-order chi connectivity index (χ0) is 8.97. The van der Waals surface area contributed by atoms with Gasteiger partial charge in [-0.2, -0.15) is 0 Å². The highest BCUT2D eigenvalue weighted by Gasteiger charge is 1.96. The quantitative estimate of drug-likeness (QED) is 0.654. The van der Waals surface area contributed by atoms with E-state index in [-0.39, 0.29) is 0 Å². The molecule has 4 N–H and O–H groups in total. The van der Waals surface area contributed by atoms with Gasteiger partial charge in [0, 0.05) is 0 Å². The molecule has 1 aromatic carbocycles. The summed E-state index contributed by atoms with van der Waals surface area (Å²) >= 11 is 0. The van der Waals surface area contributed by atoms with Gasteiger partial charge in [0.1, 0.15) is 5.75 Å². The lowest BCUT2D eigenvalue weighted by molar-refractivity contribution is 0.217. The largest absolute Gasteiger partial charge is 0.463 e. The van der Waals surface area contributed by atoms with Gasteiger partial charge in [-0.1, -0.05) is 19.1 Å². The molecule has 0 amide bonds. The molecule has 0 spiro atoms. The number of nitrogens with two attached hydrogens (primary N) is 2. The van der Waals surface area contributed by atoms with Crippen LogP contribution < -0.4 is 16.2 Å². The lowest BCUT2D eigenvalue weighted by Crippen LogP contribution is -2.36. The van der Waals surface area contributed by atoms with E-state index in [0.29, 0.717) is 5.75 Å². The summed E-state index contributed by atoms with van der Waals surface area (Å²) in [6, 6.07) is 7.73. The number of hydrogen-bond donors (Lipinski definition) is 2. The Morgan fingerprint density at radius 3 is 2.25 bits per heavy atom. The minimum atomic E-state index is -0.738. The number of ether oxygens (including phenoxy) is 1. The SMILES string of the molecule is CCc1ccc(OC(N)N)cc1. The van der Waals surface area contributed by atoms with Gasteiger partial charge in [-0.15, -0.1) is 0 Å². The molecule has 3 heteroatoms. The molecular formula is C9H14N2O. The average molecular weight is 166 g/mol. The van der Waals surface area contributed by atoms with Crippen LogP contribution in [0.5, 0.6) is 5.75 Å². The Labute approximate surface area is 72.3 Å². The van der Waals surface area contributed by atoms with Gasteiger partial charge in [0.05, 0.1) is 0 Å². The number of hydrogen-bond acceptors (Lipinski definition) is 3. The molecule has 1 rings (SSSR count). The van der Waals surface area contributed by atoms with Crippen LogP contribution in [0.15, 0.2) is 24.3 Å². The summed E-state index contributed by atoms with van der Waals surface area (Å²) in [4.78, 5) is 0. The second kappa shape index (κ2) is 4.09. The van der Waals surface area contributed by atoms with Crippen LogP contribution in [0.25, 0.3) is 0 Å². The van der Waals surface area contributed by atoms with Gasteiger partial charge in [-0.05, 0) is 24.1 Å². The van der Waals surface area contributed by atoms with Gasteiger partial charge in [0.25, 0.3) is 0 Å². The summed E-state index contributed by atoms with van der Waals surface area (Å²) in [5, 5.41) is 0. The zero-order valence-corrected chi connectivity index (χ0v) is 7.16. The predicted octanol–water partition coefficient (Wildman–Crippen LogP) is 0.829. The molecule has 1 aromatic rings. The Morgan fingerprint density at radius 2 is 1.83 bits per heavy atom. The molecule has 0 aliphatic carbocycles. The van der Waals surface area contributed by atoms with Crippen molar-refractivity contribution in [3.8, 4) is 5.75 Å². The van der Waals surface area contributed by atoms with Crippen molar-refractivity contribution in [2.75, 3.05) is 0 Å². The highest BCUT2D eigenvalue weighted by Crippen LogP contribution is 2.12. The van der Waals surface area contributed by atoms with Crippen LogP contribution in [0.2, 0.25) is 0 Å². The van der Waals surface area contributed by atoms with Crippen LogP contribution in [0, 0.1) is 0 Å². The number of benzene rings is 1. The van der Waals surface area contributed by atoms with Gasteiger partial charge in [-0.25, -0.2) is 0 Å². The molecule has 0 saturated heterocycles. The highest BCUT2D eigenvalue weighted by molar-refractivity contribution is 5.27. The fourth-order valence-corrected chi connectivity index (χ4v) is 0.961. The molecule has 12 heavy (non-hydrogen) atoms. The Morgan fingerprint density at radius 1 is 1.25 bits per heavy atom. The van der Waals surface area contributed by atoms with Crippen molar-refractivity contribution in [3.05, 3.63) is 29.8 Å². The van der Waals surface area contributed by atoms with Crippen molar-refractivity contribution < 1.29 is 4.74 Å². The third-order valence-electron chi connectivity index (χ3n) is 1.60. The Bertz CT molecular complexity index is 231.